The van der Waals surface area contributed by atoms with E-state index in [1.54, 1.807) is 28.9 Å². The summed E-state index contributed by atoms with van der Waals surface area (Å²) in [7, 11) is 0. The van der Waals surface area contributed by atoms with Crippen molar-refractivity contribution in [2.24, 2.45) is 0 Å². The highest BCUT2D eigenvalue weighted by Gasteiger charge is 2.17. The van der Waals surface area contributed by atoms with Crippen molar-refractivity contribution in [1.29, 1.82) is 0 Å². The zero-order chi connectivity index (χ0) is 16.1. The van der Waals surface area contributed by atoms with Gasteiger partial charge >= 0.3 is 0 Å². The van der Waals surface area contributed by atoms with E-state index in [2.05, 4.69) is 10.1 Å². The molecule has 0 spiro atoms. The molecule has 0 bridgehead atoms. The Balaban J connectivity index is 2.10. The van der Waals surface area contributed by atoms with Crippen LogP contribution in [-0.4, -0.2) is 43.8 Å². The lowest BCUT2D eigenvalue weighted by molar-refractivity contribution is -0.133. The molecule has 22 heavy (non-hydrogen) atoms. The molecule has 1 N–H and O–H groups in total. The summed E-state index contributed by atoms with van der Waals surface area (Å²) in [5.41, 5.74) is 2.38. The smallest absolute Gasteiger partial charge is 0.244 e. The van der Waals surface area contributed by atoms with Crippen LogP contribution < -0.4 is 0 Å². The Hall–Kier alpha value is -1.92. The quantitative estimate of drug-likeness (QED) is 0.876. The molecule has 0 unspecified atom stereocenters. The van der Waals surface area contributed by atoms with Crippen LogP contribution >= 0.6 is 11.6 Å². The Morgan fingerprint density at radius 3 is 2.77 bits per heavy atom. The van der Waals surface area contributed by atoms with Crippen molar-refractivity contribution in [3.63, 3.8) is 0 Å². The highest BCUT2D eigenvalue weighted by Crippen LogP contribution is 2.19. The number of hydrogen-bond donors (Lipinski definition) is 1. The van der Waals surface area contributed by atoms with Crippen LogP contribution in [0.2, 0.25) is 5.02 Å². The molecule has 2 heterocycles. The molecule has 2 aromatic heterocycles. The lowest BCUT2D eigenvalue weighted by Gasteiger charge is -2.22. The van der Waals surface area contributed by atoms with Gasteiger partial charge in [-0.3, -0.25) is 14.5 Å². The second kappa shape index (κ2) is 7.38. The number of hydrogen-bond acceptors (Lipinski definition) is 4. The van der Waals surface area contributed by atoms with E-state index in [-0.39, 0.29) is 25.6 Å². The van der Waals surface area contributed by atoms with Gasteiger partial charge in [0.05, 0.1) is 23.0 Å². The molecule has 0 atom stereocenters. The van der Waals surface area contributed by atoms with E-state index in [0.717, 1.165) is 11.3 Å². The molecule has 0 saturated carbocycles. The van der Waals surface area contributed by atoms with E-state index >= 15 is 0 Å². The van der Waals surface area contributed by atoms with Gasteiger partial charge in [-0.15, -0.1) is 0 Å². The van der Waals surface area contributed by atoms with Crippen LogP contribution in [-0.2, 0) is 17.9 Å². The number of pyridine rings is 1. The Labute approximate surface area is 134 Å². The molecule has 0 aromatic carbocycles. The largest absolute Gasteiger partial charge is 0.395 e. The minimum atomic E-state index is -0.125. The van der Waals surface area contributed by atoms with E-state index in [9.17, 15) is 9.90 Å². The lowest BCUT2D eigenvalue weighted by Crippen LogP contribution is -2.36. The van der Waals surface area contributed by atoms with Crippen molar-refractivity contribution in [3.8, 4) is 0 Å². The fourth-order valence-electron chi connectivity index (χ4n) is 2.18. The van der Waals surface area contributed by atoms with Crippen LogP contribution in [0.25, 0.3) is 0 Å². The number of aliphatic hydroxyl groups excluding tert-OH is 1. The van der Waals surface area contributed by atoms with Crippen LogP contribution in [0.1, 0.15) is 17.0 Å². The molecule has 0 fully saturated rings. The average Bonchev–Trinajstić information content (AvgIpc) is 2.75. The van der Waals surface area contributed by atoms with E-state index in [0.29, 0.717) is 17.3 Å². The summed E-state index contributed by atoms with van der Waals surface area (Å²) < 4.78 is 1.59. The van der Waals surface area contributed by atoms with Gasteiger partial charge in [-0.2, -0.15) is 5.10 Å². The first kappa shape index (κ1) is 16.5. The van der Waals surface area contributed by atoms with Crippen molar-refractivity contribution in [2.45, 2.75) is 26.9 Å². The number of carbonyl (C=O) groups is 1. The standard InChI is InChI=1S/C15H19ClN4O2/c1-11-15(16)12(2)20(18-11)10-14(22)19(6-7-21)9-13-4-3-5-17-8-13/h3-5,8,21H,6-7,9-10H2,1-2H3. The normalized spacial score (nSPS) is 10.7. The second-order valence-corrected chi connectivity index (χ2v) is 5.42. The Kier molecular flexibility index (Phi) is 5.51. The minimum Gasteiger partial charge on any atom is -0.395 e. The van der Waals surface area contributed by atoms with Gasteiger partial charge in [-0.05, 0) is 25.5 Å². The molecule has 0 aliphatic carbocycles. The number of aliphatic hydroxyl groups is 1. The first-order valence-electron chi connectivity index (χ1n) is 7.00. The average molecular weight is 323 g/mol. The molecule has 7 heteroatoms. The first-order valence-corrected chi connectivity index (χ1v) is 7.37. The third kappa shape index (κ3) is 3.84. The van der Waals surface area contributed by atoms with E-state index in [1.807, 2.05) is 19.1 Å². The van der Waals surface area contributed by atoms with Gasteiger partial charge in [-0.1, -0.05) is 17.7 Å². The summed E-state index contributed by atoms with van der Waals surface area (Å²) in [5, 5.41) is 14.0. The molecule has 0 radical (unpaired) electrons. The topological polar surface area (TPSA) is 71.2 Å². The van der Waals surface area contributed by atoms with Crippen molar-refractivity contribution in [3.05, 3.63) is 46.5 Å². The van der Waals surface area contributed by atoms with E-state index < -0.39 is 0 Å². The SMILES string of the molecule is Cc1nn(CC(=O)N(CCO)Cc2cccnc2)c(C)c1Cl. The fourth-order valence-corrected chi connectivity index (χ4v) is 2.32. The van der Waals surface area contributed by atoms with Gasteiger partial charge in [0.2, 0.25) is 5.91 Å². The number of rotatable bonds is 6. The maximum absolute atomic E-state index is 12.5. The Morgan fingerprint density at radius 2 is 2.23 bits per heavy atom. The summed E-state index contributed by atoms with van der Waals surface area (Å²) >= 11 is 6.10. The molecule has 0 aliphatic heterocycles. The van der Waals surface area contributed by atoms with Crippen LogP contribution in [0.4, 0.5) is 0 Å². The Morgan fingerprint density at radius 1 is 1.45 bits per heavy atom. The molecule has 118 valence electrons. The molecule has 1 amide bonds. The van der Waals surface area contributed by atoms with Crippen LogP contribution in [0, 0.1) is 13.8 Å². The lowest BCUT2D eigenvalue weighted by atomic mass is 10.2. The number of nitrogens with zero attached hydrogens (tertiary/aromatic N) is 4. The van der Waals surface area contributed by atoms with Gasteiger partial charge < -0.3 is 10.0 Å². The van der Waals surface area contributed by atoms with Gasteiger partial charge in [0.1, 0.15) is 6.54 Å². The number of carbonyl (C=O) groups excluding carboxylic acids is 1. The predicted molar refractivity (Wildman–Crippen MR) is 83.5 cm³/mol. The summed E-state index contributed by atoms with van der Waals surface area (Å²) in [6.07, 6.45) is 3.39. The molecule has 2 rings (SSSR count). The van der Waals surface area contributed by atoms with Crippen LogP contribution in [0.5, 0.6) is 0 Å². The minimum absolute atomic E-state index is 0.0934. The van der Waals surface area contributed by atoms with Crippen molar-refractivity contribution in [1.82, 2.24) is 19.7 Å². The van der Waals surface area contributed by atoms with Crippen molar-refractivity contribution >= 4 is 17.5 Å². The van der Waals surface area contributed by atoms with Crippen molar-refractivity contribution < 1.29 is 9.90 Å². The third-order valence-electron chi connectivity index (χ3n) is 3.40. The number of amides is 1. The maximum Gasteiger partial charge on any atom is 0.244 e. The predicted octanol–water partition coefficient (Wildman–Crippen LogP) is 1.57. The molecular weight excluding hydrogens is 304 g/mol. The van der Waals surface area contributed by atoms with Crippen LogP contribution in [0.15, 0.2) is 24.5 Å². The molecule has 0 aliphatic rings. The summed E-state index contributed by atoms with van der Waals surface area (Å²) in [4.78, 5) is 18.1. The number of aryl methyl sites for hydroxylation is 1. The fraction of sp³-hybridized carbons (Fsp3) is 0.400. The van der Waals surface area contributed by atoms with E-state index in [1.165, 1.54) is 0 Å². The first-order chi connectivity index (χ1) is 10.5. The summed E-state index contributed by atoms with van der Waals surface area (Å²) in [6.45, 7) is 4.30. The summed E-state index contributed by atoms with van der Waals surface area (Å²) in [5.74, 6) is -0.125. The Bertz CT molecular complexity index is 642. The molecule has 2 aromatic rings. The highest BCUT2D eigenvalue weighted by molar-refractivity contribution is 6.31. The van der Waals surface area contributed by atoms with Gasteiger partial charge in [0, 0.05) is 25.5 Å². The van der Waals surface area contributed by atoms with E-state index in [4.69, 9.17) is 11.6 Å². The molecule has 0 saturated heterocycles. The zero-order valence-electron chi connectivity index (χ0n) is 12.7. The van der Waals surface area contributed by atoms with Crippen LogP contribution in [0.3, 0.4) is 0 Å². The van der Waals surface area contributed by atoms with Gasteiger partial charge in [0.25, 0.3) is 0 Å². The van der Waals surface area contributed by atoms with Gasteiger partial charge in [-0.25, -0.2) is 0 Å². The summed E-state index contributed by atoms with van der Waals surface area (Å²) in [6, 6.07) is 3.71. The monoisotopic (exact) mass is 322 g/mol. The molecule has 6 nitrogen and oxygen atoms in total. The van der Waals surface area contributed by atoms with Gasteiger partial charge in [0.15, 0.2) is 0 Å². The zero-order valence-corrected chi connectivity index (χ0v) is 13.4. The maximum atomic E-state index is 12.5. The second-order valence-electron chi connectivity index (χ2n) is 5.04. The number of aromatic nitrogens is 3. The highest BCUT2D eigenvalue weighted by atomic mass is 35.5. The third-order valence-corrected chi connectivity index (χ3v) is 3.94. The van der Waals surface area contributed by atoms with Crippen molar-refractivity contribution in [2.75, 3.05) is 13.2 Å². The number of halogens is 1. The molecular formula is C15H19ClN4O2.